The van der Waals surface area contributed by atoms with Gasteiger partial charge in [-0.25, -0.2) is 0 Å². The molecule has 0 radical (unpaired) electrons. The molecular weight excluding hydrogens is 346 g/mol. The molecule has 0 aliphatic heterocycles. The van der Waals surface area contributed by atoms with Gasteiger partial charge >= 0.3 is 0 Å². The molecule has 5 heteroatoms. The third-order valence-corrected chi connectivity index (χ3v) is 4.60. The van der Waals surface area contributed by atoms with Gasteiger partial charge < -0.3 is 11.1 Å². The van der Waals surface area contributed by atoms with Gasteiger partial charge in [0, 0.05) is 34.9 Å². The van der Waals surface area contributed by atoms with E-state index in [1.54, 1.807) is 18.3 Å². The van der Waals surface area contributed by atoms with Crippen molar-refractivity contribution >= 4 is 17.5 Å². The molecule has 0 bridgehead atoms. The molecule has 3 N–H and O–H groups in total. The van der Waals surface area contributed by atoms with Crippen molar-refractivity contribution in [2.75, 3.05) is 0 Å². The van der Waals surface area contributed by atoms with Gasteiger partial charge in [-0.05, 0) is 36.2 Å². The molecule has 2 aromatic carbocycles. The van der Waals surface area contributed by atoms with Crippen LogP contribution < -0.4 is 11.1 Å². The van der Waals surface area contributed by atoms with Gasteiger partial charge in [-0.1, -0.05) is 54.1 Å². The highest BCUT2D eigenvalue weighted by atomic mass is 35.5. The third-order valence-electron chi connectivity index (χ3n) is 4.27. The van der Waals surface area contributed by atoms with Crippen LogP contribution in [-0.2, 0) is 6.54 Å². The molecule has 4 nitrogen and oxygen atoms in total. The standard InChI is InChI=1S/C21H20ClN3O/c1-14(16-6-3-2-4-7-16)25-13-15-9-10-19(22)18(12-15)17-8-5-11-24-20(17)21(23)26/h2-12,14,25H,13H2,1H3,(H2,23,26). The second-order valence-corrected chi connectivity index (χ2v) is 6.50. The summed E-state index contributed by atoms with van der Waals surface area (Å²) in [6, 6.07) is 19.8. The Morgan fingerprint density at radius 2 is 1.88 bits per heavy atom. The fourth-order valence-corrected chi connectivity index (χ4v) is 3.06. The maximum absolute atomic E-state index is 11.7. The average Bonchev–Trinajstić information content (AvgIpc) is 2.67. The number of primary amides is 1. The Kier molecular flexibility index (Phi) is 5.66. The predicted molar refractivity (Wildman–Crippen MR) is 105 cm³/mol. The fourth-order valence-electron chi connectivity index (χ4n) is 2.84. The Labute approximate surface area is 158 Å². The second-order valence-electron chi connectivity index (χ2n) is 6.09. The molecule has 0 fully saturated rings. The monoisotopic (exact) mass is 365 g/mol. The predicted octanol–water partition coefficient (Wildman–Crippen LogP) is 4.35. The zero-order chi connectivity index (χ0) is 18.5. The molecule has 3 rings (SSSR count). The molecule has 0 aliphatic carbocycles. The number of halogens is 1. The first-order valence-corrected chi connectivity index (χ1v) is 8.76. The number of carbonyl (C=O) groups is 1. The highest BCUT2D eigenvalue weighted by Crippen LogP contribution is 2.30. The molecule has 26 heavy (non-hydrogen) atoms. The molecule has 1 heterocycles. The molecule has 1 atom stereocenters. The van der Waals surface area contributed by atoms with E-state index in [9.17, 15) is 4.79 Å². The Morgan fingerprint density at radius 1 is 1.12 bits per heavy atom. The van der Waals surface area contributed by atoms with Crippen LogP contribution >= 0.6 is 11.6 Å². The van der Waals surface area contributed by atoms with Crippen LogP contribution in [0.15, 0.2) is 66.9 Å². The smallest absolute Gasteiger partial charge is 0.267 e. The number of hydrogen-bond acceptors (Lipinski definition) is 3. The Balaban J connectivity index is 1.84. The maximum atomic E-state index is 11.7. The minimum atomic E-state index is -0.571. The number of aromatic nitrogens is 1. The topological polar surface area (TPSA) is 68.0 Å². The van der Waals surface area contributed by atoms with E-state index in [0.29, 0.717) is 17.1 Å². The first-order chi connectivity index (χ1) is 12.6. The molecule has 0 aliphatic rings. The first kappa shape index (κ1) is 18.1. The van der Waals surface area contributed by atoms with E-state index >= 15 is 0 Å². The van der Waals surface area contributed by atoms with E-state index in [2.05, 4.69) is 29.4 Å². The van der Waals surface area contributed by atoms with Crippen LogP contribution in [0.3, 0.4) is 0 Å². The number of amides is 1. The molecule has 1 aromatic heterocycles. The van der Waals surface area contributed by atoms with Gasteiger partial charge in [-0.3, -0.25) is 9.78 Å². The van der Waals surface area contributed by atoms with Crippen LogP contribution in [0, 0.1) is 0 Å². The minimum absolute atomic E-state index is 0.218. The number of nitrogens with zero attached hydrogens (tertiary/aromatic N) is 1. The van der Waals surface area contributed by atoms with Crippen molar-refractivity contribution in [3.8, 4) is 11.1 Å². The zero-order valence-electron chi connectivity index (χ0n) is 14.4. The number of nitrogens with one attached hydrogen (secondary N) is 1. The van der Waals surface area contributed by atoms with E-state index in [1.807, 2.05) is 36.4 Å². The van der Waals surface area contributed by atoms with Crippen LogP contribution in [0.25, 0.3) is 11.1 Å². The van der Waals surface area contributed by atoms with Crippen LogP contribution in [0.1, 0.15) is 34.6 Å². The number of hydrogen-bond donors (Lipinski definition) is 2. The van der Waals surface area contributed by atoms with Gasteiger partial charge in [0.25, 0.3) is 5.91 Å². The fraction of sp³-hybridized carbons (Fsp3) is 0.143. The number of carbonyl (C=O) groups excluding carboxylic acids is 1. The van der Waals surface area contributed by atoms with Crippen molar-refractivity contribution < 1.29 is 4.79 Å². The van der Waals surface area contributed by atoms with Gasteiger partial charge in [0.15, 0.2) is 0 Å². The molecule has 0 saturated heterocycles. The summed E-state index contributed by atoms with van der Waals surface area (Å²) in [5, 5.41) is 4.06. The quantitative estimate of drug-likeness (QED) is 0.682. The molecule has 3 aromatic rings. The molecule has 1 unspecified atom stereocenters. The summed E-state index contributed by atoms with van der Waals surface area (Å²) in [4.78, 5) is 15.8. The SMILES string of the molecule is CC(NCc1ccc(Cl)c(-c2cccnc2C(N)=O)c1)c1ccccc1. The summed E-state index contributed by atoms with van der Waals surface area (Å²) in [7, 11) is 0. The molecule has 1 amide bonds. The van der Waals surface area contributed by atoms with Crippen molar-refractivity contribution in [2.24, 2.45) is 5.73 Å². The van der Waals surface area contributed by atoms with Gasteiger partial charge in [0.1, 0.15) is 5.69 Å². The lowest BCUT2D eigenvalue weighted by molar-refractivity contribution is 0.0996. The Bertz CT molecular complexity index is 912. The first-order valence-electron chi connectivity index (χ1n) is 8.38. The number of pyridine rings is 1. The van der Waals surface area contributed by atoms with E-state index < -0.39 is 5.91 Å². The van der Waals surface area contributed by atoms with Gasteiger partial charge in [0.05, 0.1) is 0 Å². The van der Waals surface area contributed by atoms with Gasteiger partial charge in [0.2, 0.25) is 0 Å². The number of benzene rings is 2. The number of nitrogens with two attached hydrogens (primary N) is 1. The van der Waals surface area contributed by atoms with Crippen molar-refractivity contribution in [2.45, 2.75) is 19.5 Å². The molecule has 0 spiro atoms. The van der Waals surface area contributed by atoms with Gasteiger partial charge in [-0.15, -0.1) is 0 Å². The summed E-state index contributed by atoms with van der Waals surface area (Å²) in [6.07, 6.45) is 1.55. The highest BCUT2D eigenvalue weighted by Gasteiger charge is 2.14. The van der Waals surface area contributed by atoms with E-state index in [1.165, 1.54) is 5.56 Å². The zero-order valence-corrected chi connectivity index (χ0v) is 15.2. The lowest BCUT2D eigenvalue weighted by Gasteiger charge is -2.15. The Morgan fingerprint density at radius 3 is 2.62 bits per heavy atom. The summed E-state index contributed by atoms with van der Waals surface area (Å²) < 4.78 is 0. The molecule has 0 saturated carbocycles. The summed E-state index contributed by atoms with van der Waals surface area (Å²) in [6.45, 7) is 2.80. The van der Waals surface area contributed by atoms with Crippen LogP contribution in [0.4, 0.5) is 0 Å². The van der Waals surface area contributed by atoms with E-state index in [-0.39, 0.29) is 11.7 Å². The van der Waals surface area contributed by atoms with Crippen LogP contribution in [-0.4, -0.2) is 10.9 Å². The highest BCUT2D eigenvalue weighted by molar-refractivity contribution is 6.33. The summed E-state index contributed by atoms with van der Waals surface area (Å²) in [5.41, 5.74) is 9.35. The lowest BCUT2D eigenvalue weighted by atomic mass is 10.0. The van der Waals surface area contributed by atoms with Crippen molar-refractivity contribution in [3.63, 3.8) is 0 Å². The second kappa shape index (κ2) is 8.13. The van der Waals surface area contributed by atoms with E-state index in [4.69, 9.17) is 17.3 Å². The normalized spacial score (nSPS) is 11.9. The third kappa shape index (κ3) is 4.10. The number of rotatable bonds is 6. The van der Waals surface area contributed by atoms with Crippen molar-refractivity contribution in [3.05, 3.63) is 88.7 Å². The summed E-state index contributed by atoms with van der Waals surface area (Å²) in [5.74, 6) is -0.571. The van der Waals surface area contributed by atoms with E-state index in [0.717, 1.165) is 11.1 Å². The molecule has 132 valence electrons. The van der Waals surface area contributed by atoms with Crippen LogP contribution in [0.2, 0.25) is 5.02 Å². The van der Waals surface area contributed by atoms with Gasteiger partial charge in [-0.2, -0.15) is 0 Å². The Hall–Kier alpha value is -2.69. The van der Waals surface area contributed by atoms with Crippen LogP contribution in [0.5, 0.6) is 0 Å². The lowest BCUT2D eigenvalue weighted by Crippen LogP contribution is -2.18. The van der Waals surface area contributed by atoms with Crippen molar-refractivity contribution in [1.82, 2.24) is 10.3 Å². The minimum Gasteiger partial charge on any atom is -0.364 e. The molecular formula is C21H20ClN3O. The summed E-state index contributed by atoms with van der Waals surface area (Å²) >= 11 is 6.37. The maximum Gasteiger partial charge on any atom is 0.267 e. The average molecular weight is 366 g/mol. The largest absolute Gasteiger partial charge is 0.364 e. The van der Waals surface area contributed by atoms with Crippen molar-refractivity contribution in [1.29, 1.82) is 0 Å².